The molecule has 0 fully saturated rings. The Bertz CT molecular complexity index is 1660. The van der Waals surface area contributed by atoms with Gasteiger partial charge in [-0.25, -0.2) is 0 Å². The highest BCUT2D eigenvalue weighted by Crippen LogP contribution is 2.31. The lowest BCUT2D eigenvalue weighted by molar-refractivity contribution is 0.476. The van der Waals surface area contributed by atoms with Crippen LogP contribution < -0.4 is 42.3 Å². The van der Waals surface area contributed by atoms with Crippen molar-refractivity contribution in [3.63, 3.8) is 0 Å². The van der Waals surface area contributed by atoms with E-state index in [0.717, 1.165) is 33.9 Å². The minimum atomic E-state index is 0.0629. The van der Waals surface area contributed by atoms with E-state index in [0.29, 0.717) is 0 Å². The van der Waals surface area contributed by atoms with Gasteiger partial charge in [0.15, 0.2) is 0 Å². The molecule has 0 atom stereocenters. The van der Waals surface area contributed by atoms with E-state index in [2.05, 4.69) is 126 Å². The monoisotopic (exact) mass is 518 g/mol. The molecule has 5 aromatic rings. The van der Waals surface area contributed by atoms with Crippen molar-refractivity contribution >= 4 is 46.2 Å². The van der Waals surface area contributed by atoms with E-state index < -0.39 is 0 Å². The van der Waals surface area contributed by atoms with Crippen LogP contribution in [-0.2, 0) is 0 Å². The van der Waals surface area contributed by atoms with Crippen LogP contribution in [0, 0.1) is 41.5 Å². The van der Waals surface area contributed by atoms with Gasteiger partial charge < -0.3 is 9.47 Å². The molecule has 0 unspecified atom stereocenters. The third-order valence-electron chi connectivity index (χ3n) is 8.72. The van der Waals surface area contributed by atoms with Crippen LogP contribution in [0.4, 0.5) is 0 Å². The van der Waals surface area contributed by atoms with Crippen molar-refractivity contribution in [2.75, 3.05) is 0 Å². The summed E-state index contributed by atoms with van der Waals surface area (Å²) in [5.74, 6) is 3.68. The minimum absolute atomic E-state index is 0.0629. The first-order chi connectivity index (χ1) is 19.3. The van der Waals surface area contributed by atoms with Crippen molar-refractivity contribution in [1.82, 2.24) is 0 Å². The van der Waals surface area contributed by atoms with Gasteiger partial charge in [0.25, 0.3) is 13.4 Å². The number of ether oxygens (including phenoxy) is 2. The Morgan fingerprint density at radius 3 is 1.12 bits per heavy atom. The van der Waals surface area contributed by atoms with Gasteiger partial charge in [0.05, 0.1) is 0 Å². The van der Waals surface area contributed by atoms with Crippen LogP contribution in [0.15, 0.2) is 84.9 Å². The van der Waals surface area contributed by atoms with E-state index in [4.69, 9.17) is 9.47 Å². The molecule has 0 aromatic heterocycles. The van der Waals surface area contributed by atoms with Crippen LogP contribution in [-0.4, -0.2) is 13.4 Å². The number of benzene rings is 5. The molecule has 0 aliphatic carbocycles. The van der Waals surface area contributed by atoms with E-state index in [1.165, 1.54) is 55.2 Å². The summed E-state index contributed by atoms with van der Waals surface area (Å²) in [5, 5.41) is 0. The number of hydrogen-bond donors (Lipinski definition) is 0. The zero-order valence-corrected chi connectivity index (χ0v) is 24.1. The maximum atomic E-state index is 6.69. The lowest BCUT2D eigenvalue weighted by Crippen LogP contribution is -2.59. The molecule has 4 heteroatoms. The SMILES string of the molecule is Cc1cc(C)c(B2c3ccccc3Oc3cc4c(cc32)Oc2ccccc2B4c2c(C)cc(C)cc2C)c(C)c1. The lowest BCUT2D eigenvalue weighted by atomic mass is 9.32. The molecule has 0 amide bonds. The van der Waals surface area contributed by atoms with Crippen molar-refractivity contribution in [2.45, 2.75) is 41.5 Å². The molecule has 0 spiro atoms. The molecule has 2 aliphatic heterocycles. The Labute approximate surface area is 238 Å². The second-order valence-electron chi connectivity index (χ2n) is 11.7. The summed E-state index contributed by atoms with van der Waals surface area (Å²) < 4.78 is 13.4. The highest BCUT2D eigenvalue weighted by Gasteiger charge is 2.39. The van der Waals surface area contributed by atoms with Crippen molar-refractivity contribution in [1.29, 1.82) is 0 Å². The van der Waals surface area contributed by atoms with Crippen LogP contribution in [0.25, 0.3) is 0 Å². The van der Waals surface area contributed by atoms with Crippen LogP contribution in [0.5, 0.6) is 23.0 Å². The topological polar surface area (TPSA) is 18.5 Å². The fourth-order valence-corrected chi connectivity index (χ4v) is 7.33. The number of para-hydroxylation sites is 2. The molecule has 0 N–H and O–H groups in total. The molecule has 40 heavy (non-hydrogen) atoms. The van der Waals surface area contributed by atoms with E-state index in [-0.39, 0.29) is 13.4 Å². The Balaban J connectivity index is 1.50. The van der Waals surface area contributed by atoms with Gasteiger partial charge in [-0.15, -0.1) is 0 Å². The van der Waals surface area contributed by atoms with Gasteiger partial charge in [0.1, 0.15) is 23.0 Å². The molecule has 2 heterocycles. The predicted molar refractivity (Wildman–Crippen MR) is 170 cm³/mol. The molecule has 5 aromatic carbocycles. The van der Waals surface area contributed by atoms with Crippen molar-refractivity contribution < 1.29 is 9.47 Å². The average Bonchev–Trinajstić information content (AvgIpc) is 2.90. The summed E-state index contributed by atoms with van der Waals surface area (Å²) in [6, 6.07) is 30.7. The highest BCUT2D eigenvalue weighted by atomic mass is 16.5. The second-order valence-corrected chi connectivity index (χ2v) is 11.7. The van der Waals surface area contributed by atoms with E-state index in [9.17, 15) is 0 Å². The summed E-state index contributed by atoms with van der Waals surface area (Å²) in [6.45, 7) is 13.4. The van der Waals surface area contributed by atoms with E-state index >= 15 is 0 Å². The summed E-state index contributed by atoms with van der Waals surface area (Å²) in [7, 11) is 0. The van der Waals surface area contributed by atoms with Gasteiger partial charge in [-0.05, 0) is 87.7 Å². The second kappa shape index (κ2) is 9.20. The van der Waals surface area contributed by atoms with Gasteiger partial charge in [0, 0.05) is 0 Å². The van der Waals surface area contributed by atoms with Crippen molar-refractivity contribution in [2.24, 2.45) is 0 Å². The Morgan fingerprint density at radius 1 is 0.400 bits per heavy atom. The molecule has 0 saturated carbocycles. The molecular formula is C36H32B2O2. The quantitative estimate of drug-likeness (QED) is 0.307. The first-order valence-electron chi connectivity index (χ1n) is 14.2. The van der Waals surface area contributed by atoms with Crippen LogP contribution in [0.3, 0.4) is 0 Å². The summed E-state index contributed by atoms with van der Waals surface area (Å²) in [6.07, 6.45) is 0. The van der Waals surface area contributed by atoms with Crippen LogP contribution in [0.1, 0.15) is 33.4 Å². The van der Waals surface area contributed by atoms with Gasteiger partial charge in [-0.1, -0.05) is 105 Å². The third kappa shape index (κ3) is 3.81. The molecule has 7 rings (SSSR count). The Morgan fingerprint density at radius 2 is 0.750 bits per heavy atom. The fourth-order valence-electron chi connectivity index (χ4n) is 7.33. The zero-order valence-electron chi connectivity index (χ0n) is 24.1. The first kappa shape index (κ1) is 24.8. The normalized spacial score (nSPS) is 13.1. The number of aryl methyl sites for hydroxylation is 6. The maximum Gasteiger partial charge on any atom is 0.251 e. The standard InChI is InChI=1S/C36H32B2O2/c1-21-15-23(3)35(24(4)16-21)37-27-11-7-9-13-31(27)39-33-20-30-34(19-29(33)37)40-32-14-10-8-12-28(32)38(30)36-25(5)17-22(2)18-26(36)6/h7-20H,1-6H3. The number of fused-ring (bicyclic) bond motifs is 4. The van der Waals surface area contributed by atoms with Crippen molar-refractivity contribution in [3.8, 4) is 23.0 Å². The molecule has 2 aliphatic rings. The molecule has 0 radical (unpaired) electrons. The third-order valence-corrected chi connectivity index (χ3v) is 8.72. The average molecular weight is 518 g/mol. The largest absolute Gasteiger partial charge is 0.458 e. The summed E-state index contributed by atoms with van der Waals surface area (Å²) in [5.41, 5.74) is 15.2. The minimum Gasteiger partial charge on any atom is -0.458 e. The molecule has 2 nitrogen and oxygen atoms in total. The summed E-state index contributed by atoms with van der Waals surface area (Å²) >= 11 is 0. The lowest BCUT2D eigenvalue weighted by Gasteiger charge is -2.33. The van der Waals surface area contributed by atoms with Gasteiger partial charge in [-0.2, -0.15) is 0 Å². The number of hydrogen-bond acceptors (Lipinski definition) is 2. The fraction of sp³-hybridized carbons (Fsp3) is 0.167. The van der Waals surface area contributed by atoms with E-state index in [1.54, 1.807) is 0 Å². The molecular weight excluding hydrogens is 486 g/mol. The van der Waals surface area contributed by atoms with Crippen LogP contribution >= 0.6 is 0 Å². The Hall–Kier alpha value is -4.17. The first-order valence-corrected chi connectivity index (χ1v) is 14.2. The smallest absolute Gasteiger partial charge is 0.251 e. The highest BCUT2D eigenvalue weighted by molar-refractivity contribution is 6.99. The Kier molecular flexibility index (Phi) is 5.71. The van der Waals surface area contributed by atoms with Crippen LogP contribution in [0.2, 0.25) is 0 Å². The van der Waals surface area contributed by atoms with Gasteiger partial charge >= 0.3 is 0 Å². The van der Waals surface area contributed by atoms with Crippen molar-refractivity contribution in [3.05, 3.63) is 118 Å². The molecule has 0 bridgehead atoms. The van der Waals surface area contributed by atoms with Gasteiger partial charge in [-0.3, -0.25) is 0 Å². The number of rotatable bonds is 2. The maximum absolute atomic E-state index is 6.69. The zero-order chi connectivity index (χ0) is 27.7. The van der Waals surface area contributed by atoms with Gasteiger partial charge in [0.2, 0.25) is 0 Å². The molecule has 194 valence electrons. The summed E-state index contributed by atoms with van der Waals surface area (Å²) in [4.78, 5) is 0. The molecule has 0 saturated heterocycles. The predicted octanol–water partition coefficient (Wildman–Crippen LogP) is 4.78. The van der Waals surface area contributed by atoms with E-state index in [1.807, 2.05) is 0 Å².